The Hall–Kier alpha value is -3.28. The second-order valence-corrected chi connectivity index (χ2v) is 4.85. The second kappa shape index (κ2) is 4.92. The Kier molecular flexibility index (Phi) is 2.79. The first kappa shape index (κ1) is 12.5. The Balaban J connectivity index is 1.88. The fourth-order valence-corrected chi connectivity index (χ4v) is 2.25. The van der Waals surface area contributed by atoms with Crippen molar-refractivity contribution in [3.63, 3.8) is 0 Å². The molecule has 0 fully saturated rings. The molecule has 0 unspecified atom stereocenters. The van der Waals surface area contributed by atoms with Crippen molar-refractivity contribution in [1.82, 2.24) is 24.8 Å². The van der Waals surface area contributed by atoms with Crippen LogP contribution in [0.5, 0.6) is 0 Å². The number of nitrogens with zero attached hydrogens (tertiary/aromatic N) is 5. The van der Waals surface area contributed by atoms with Gasteiger partial charge in [0.1, 0.15) is 5.69 Å². The van der Waals surface area contributed by atoms with Gasteiger partial charge in [-0.3, -0.25) is 4.98 Å². The van der Waals surface area contributed by atoms with Crippen LogP contribution >= 0.6 is 0 Å². The summed E-state index contributed by atoms with van der Waals surface area (Å²) in [7, 11) is 0. The molecule has 0 spiro atoms. The maximum absolute atomic E-state index is 5.73. The van der Waals surface area contributed by atoms with Gasteiger partial charge >= 0.3 is 0 Å². The van der Waals surface area contributed by atoms with Gasteiger partial charge in [-0.05, 0) is 36.4 Å². The highest BCUT2D eigenvalue weighted by Crippen LogP contribution is 2.20. The molecule has 1 aromatic carbocycles. The van der Waals surface area contributed by atoms with Crippen LogP contribution < -0.4 is 5.73 Å². The van der Waals surface area contributed by atoms with Crippen molar-refractivity contribution in [3.05, 3.63) is 60.8 Å². The molecule has 3 heterocycles. The Labute approximate surface area is 126 Å². The number of rotatable bonds is 2. The van der Waals surface area contributed by atoms with E-state index in [1.54, 1.807) is 10.7 Å². The van der Waals surface area contributed by atoms with Crippen LogP contribution in [0.15, 0.2) is 60.8 Å². The summed E-state index contributed by atoms with van der Waals surface area (Å²) in [5.41, 5.74) is 9.67. The van der Waals surface area contributed by atoms with Crippen molar-refractivity contribution >= 4 is 11.3 Å². The number of nitrogen functional groups attached to an aromatic ring is 1. The minimum Gasteiger partial charge on any atom is -0.399 e. The molecular weight excluding hydrogens is 276 g/mol. The average Bonchev–Trinajstić information content (AvgIpc) is 2.99. The molecule has 0 aliphatic rings. The van der Waals surface area contributed by atoms with E-state index in [0.29, 0.717) is 11.5 Å². The Morgan fingerprint density at radius 1 is 0.818 bits per heavy atom. The molecule has 0 saturated heterocycles. The van der Waals surface area contributed by atoms with Crippen LogP contribution in [0.25, 0.3) is 28.4 Å². The zero-order chi connectivity index (χ0) is 14.9. The summed E-state index contributed by atoms with van der Waals surface area (Å²) in [6.45, 7) is 0. The zero-order valence-electron chi connectivity index (χ0n) is 11.6. The van der Waals surface area contributed by atoms with Crippen molar-refractivity contribution in [2.45, 2.75) is 0 Å². The van der Waals surface area contributed by atoms with Gasteiger partial charge in [0.2, 0.25) is 5.82 Å². The number of pyridine rings is 1. The van der Waals surface area contributed by atoms with Crippen molar-refractivity contribution in [3.8, 4) is 22.8 Å². The van der Waals surface area contributed by atoms with Crippen LogP contribution in [0, 0.1) is 0 Å². The number of nitrogens with two attached hydrogens (primary N) is 1. The summed E-state index contributed by atoms with van der Waals surface area (Å²) in [6.07, 6.45) is 1.72. The molecule has 0 bridgehead atoms. The predicted molar refractivity (Wildman–Crippen MR) is 83.9 cm³/mol. The van der Waals surface area contributed by atoms with E-state index in [9.17, 15) is 0 Å². The van der Waals surface area contributed by atoms with Crippen LogP contribution in [-0.4, -0.2) is 24.8 Å². The number of hydrogen-bond acceptors (Lipinski definition) is 5. The first-order valence-corrected chi connectivity index (χ1v) is 6.81. The van der Waals surface area contributed by atoms with Crippen LogP contribution in [0.4, 0.5) is 5.69 Å². The summed E-state index contributed by atoms with van der Waals surface area (Å²) >= 11 is 0. The lowest BCUT2D eigenvalue weighted by atomic mass is 10.1. The zero-order valence-corrected chi connectivity index (χ0v) is 11.6. The van der Waals surface area contributed by atoms with Crippen molar-refractivity contribution < 1.29 is 0 Å². The summed E-state index contributed by atoms with van der Waals surface area (Å²) in [6, 6.07) is 17.0. The largest absolute Gasteiger partial charge is 0.399 e. The third-order valence-corrected chi connectivity index (χ3v) is 3.36. The van der Waals surface area contributed by atoms with E-state index in [2.05, 4.69) is 20.3 Å². The molecule has 22 heavy (non-hydrogen) atoms. The Morgan fingerprint density at radius 3 is 2.45 bits per heavy atom. The van der Waals surface area contributed by atoms with Crippen LogP contribution in [0.2, 0.25) is 0 Å². The molecule has 0 aliphatic carbocycles. The molecule has 0 atom stereocenters. The number of hydrogen-bond donors (Lipinski definition) is 1. The molecule has 0 radical (unpaired) electrons. The minimum atomic E-state index is 0.618. The van der Waals surface area contributed by atoms with E-state index in [4.69, 9.17) is 5.73 Å². The molecule has 4 aromatic rings. The topological polar surface area (TPSA) is 82.0 Å². The molecule has 6 nitrogen and oxygen atoms in total. The Morgan fingerprint density at radius 2 is 1.68 bits per heavy atom. The maximum Gasteiger partial charge on any atom is 0.203 e. The lowest BCUT2D eigenvalue weighted by molar-refractivity contribution is 0.935. The molecule has 0 amide bonds. The van der Waals surface area contributed by atoms with Gasteiger partial charge in [0.05, 0.1) is 5.69 Å². The smallest absolute Gasteiger partial charge is 0.203 e. The van der Waals surface area contributed by atoms with Gasteiger partial charge in [0.15, 0.2) is 5.65 Å². The average molecular weight is 288 g/mol. The highest BCUT2D eigenvalue weighted by atomic mass is 15.4. The van der Waals surface area contributed by atoms with Crippen LogP contribution in [-0.2, 0) is 0 Å². The normalized spacial score (nSPS) is 10.9. The van der Waals surface area contributed by atoms with E-state index in [1.807, 2.05) is 54.6 Å². The monoisotopic (exact) mass is 288 g/mol. The third kappa shape index (κ3) is 2.07. The van der Waals surface area contributed by atoms with Gasteiger partial charge in [0, 0.05) is 17.4 Å². The molecule has 0 saturated carbocycles. The van der Waals surface area contributed by atoms with Crippen molar-refractivity contribution in [1.29, 1.82) is 0 Å². The van der Waals surface area contributed by atoms with Gasteiger partial charge in [-0.1, -0.05) is 18.2 Å². The van der Waals surface area contributed by atoms with Gasteiger partial charge in [-0.25, -0.2) is 0 Å². The standard InChI is InChI=1S/C16H12N6/c17-12-6-4-11(5-7-12)13-8-9-15-19-20-16(22(15)21-13)14-3-1-2-10-18-14/h1-10H,17H2. The fourth-order valence-electron chi connectivity index (χ4n) is 2.25. The molecule has 106 valence electrons. The highest BCUT2D eigenvalue weighted by Gasteiger charge is 2.11. The number of anilines is 1. The van der Waals surface area contributed by atoms with E-state index in [1.165, 1.54) is 0 Å². The van der Waals surface area contributed by atoms with Crippen molar-refractivity contribution in [2.24, 2.45) is 0 Å². The first-order chi connectivity index (χ1) is 10.8. The van der Waals surface area contributed by atoms with Crippen molar-refractivity contribution in [2.75, 3.05) is 5.73 Å². The molecule has 4 rings (SSSR count). The molecule has 2 N–H and O–H groups in total. The summed E-state index contributed by atoms with van der Waals surface area (Å²) in [5.74, 6) is 0.618. The van der Waals surface area contributed by atoms with Gasteiger partial charge < -0.3 is 5.73 Å². The highest BCUT2D eigenvalue weighted by molar-refractivity contribution is 5.64. The third-order valence-electron chi connectivity index (χ3n) is 3.36. The van der Waals surface area contributed by atoms with E-state index < -0.39 is 0 Å². The summed E-state index contributed by atoms with van der Waals surface area (Å²) < 4.78 is 1.70. The molecule has 0 aliphatic heterocycles. The van der Waals surface area contributed by atoms with Crippen LogP contribution in [0.3, 0.4) is 0 Å². The quantitative estimate of drug-likeness (QED) is 0.573. The lowest BCUT2D eigenvalue weighted by Crippen LogP contribution is -1.98. The maximum atomic E-state index is 5.73. The predicted octanol–water partition coefficient (Wildman–Crippen LogP) is 2.44. The minimum absolute atomic E-state index is 0.618. The SMILES string of the molecule is Nc1ccc(-c2ccc3nnc(-c4ccccn4)n3n2)cc1. The van der Waals surface area contributed by atoms with Gasteiger partial charge in [-0.15, -0.1) is 10.2 Å². The van der Waals surface area contributed by atoms with Crippen LogP contribution in [0.1, 0.15) is 0 Å². The fraction of sp³-hybridized carbons (Fsp3) is 0. The number of fused-ring (bicyclic) bond motifs is 1. The summed E-state index contributed by atoms with van der Waals surface area (Å²) in [5, 5.41) is 12.9. The number of benzene rings is 1. The van der Waals surface area contributed by atoms with Gasteiger partial charge in [0.25, 0.3) is 0 Å². The van der Waals surface area contributed by atoms with E-state index in [-0.39, 0.29) is 0 Å². The van der Waals surface area contributed by atoms with E-state index in [0.717, 1.165) is 22.6 Å². The Bertz CT molecular complexity index is 928. The molecule has 6 heteroatoms. The summed E-state index contributed by atoms with van der Waals surface area (Å²) in [4.78, 5) is 4.31. The molecular formula is C16H12N6. The second-order valence-electron chi connectivity index (χ2n) is 4.85. The van der Waals surface area contributed by atoms with E-state index >= 15 is 0 Å². The first-order valence-electron chi connectivity index (χ1n) is 6.81. The number of aromatic nitrogens is 5. The van der Waals surface area contributed by atoms with Gasteiger partial charge in [-0.2, -0.15) is 9.61 Å². The molecule has 3 aromatic heterocycles. The lowest BCUT2D eigenvalue weighted by Gasteiger charge is -2.03.